The number of nitrogens with one attached hydrogen (secondary N) is 1. The van der Waals surface area contributed by atoms with Crippen molar-refractivity contribution in [2.75, 3.05) is 46.7 Å². The van der Waals surface area contributed by atoms with Crippen molar-refractivity contribution in [3.63, 3.8) is 0 Å². The molecule has 1 aromatic rings. The molecule has 0 aliphatic rings. The van der Waals surface area contributed by atoms with E-state index in [4.69, 9.17) is 14.2 Å². The van der Waals surface area contributed by atoms with Crippen molar-refractivity contribution in [3.8, 4) is 0 Å². The molecule has 0 bridgehead atoms. The molecule has 0 spiro atoms. The summed E-state index contributed by atoms with van der Waals surface area (Å²) < 4.78 is 16.0. The van der Waals surface area contributed by atoms with Crippen molar-refractivity contribution in [3.05, 3.63) is 34.9 Å². The maximum atomic E-state index is 5.73. The average molecular weight is 295 g/mol. The number of methoxy groups -OCH3 is 1. The van der Waals surface area contributed by atoms with E-state index in [0.717, 1.165) is 6.54 Å². The van der Waals surface area contributed by atoms with Crippen molar-refractivity contribution >= 4 is 0 Å². The number of hydrogen-bond donors (Lipinski definition) is 1. The highest BCUT2D eigenvalue weighted by atomic mass is 16.5. The minimum absolute atomic E-state index is 0.229. The maximum absolute atomic E-state index is 5.73. The summed E-state index contributed by atoms with van der Waals surface area (Å²) in [5.41, 5.74) is 3.86. The van der Waals surface area contributed by atoms with Crippen LogP contribution in [-0.2, 0) is 14.2 Å². The number of ether oxygens (including phenoxy) is 3. The molecule has 0 aromatic heterocycles. The van der Waals surface area contributed by atoms with Gasteiger partial charge in [0.05, 0.1) is 39.1 Å². The Labute approximate surface area is 128 Å². The van der Waals surface area contributed by atoms with E-state index < -0.39 is 0 Å². The van der Waals surface area contributed by atoms with Gasteiger partial charge in [0.25, 0.3) is 0 Å². The zero-order valence-electron chi connectivity index (χ0n) is 13.8. The molecule has 21 heavy (non-hydrogen) atoms. The number of aryl methyl sites for hydroxylation is 2. The highest BCUT2D eigenvalue weighted by Crippen LogP contribution is 2.17. The van der Waals surface area contributed by atoms with E-state index in [1.165, 1.54) is 16.7 Å². The van der Waals surface area contributed by atoms with Gasteiger partial charge in [-0.15, -0.1) is 0 Å². The first kappa shape index (κ1) is 18.1. The normalized spacial score (nSPS) is 12.6. The minimum atomic E-state index is 0.229. The molecule has 0 aliphatic carbocycles. The smallest absolute Gasteiger partial charge is 0.0701 e. The van der Waals surface area contributed by atoms with Crippen LogP contribution >= 0.6 is 0 Å². The third-order valence-corrected chi connectivity index (χ3v) is 3.19. The summed E-state index contributed by atoms with van der Waals surface area (Å²) in [6.07, 6.45) is 0. The Kier molecular flexibility index (Phi) is 9.26. The summed E-state index contributed by atoms with van der Waals surface area (Å²) in [5.74, 6) is 0. The highest BCUT2D eigenvalue weighted by molar-refractivity contribution is 5.30. The first-order chi connectivity index (χ1) is 10.2. The minimum Gasteiger partial charge on any atom is -0.382 e. The second-order valence-corrected chi connectivity index (χ2v) is 5.21. The molecule has 4 heteroatoms. The quantitative estimate of drug-likeness (QED) is 0.637. The van der Waals surface area contributed by atoms with Crippen LogP contribution in [0.2, 0.25) is 0 Å². The summed E-state index contributed by atoms with van der Waals surface area (Å²) in [5, 5.41) is 3.48. The Morgan fingerprint density at radius 2 is 1.57 bits per heavy atom. The van der Waals surface area contributed by atoms with E-state index >= 15 is 0 Å². The maximum Gasteiger partial charge on any atom is 0.0701 e. The Morgan fingerprint density at radius 3 is 2.19 bits per heavy atom. The number of benzene rings is 1. The van der Waals surface area contributed by atoms with Crippen LogP contribution in [0.3, 0.4) is 0 Å². The van der Waals surface area contributed by atoms with Crippen molar-refractivity contribution in [1.82, 2.24) is 5.32 Å². The van der Waals surface area contributed by atoms with Crippen molar-refractivity contribution in [2.24, 2.45) is 0 Å². The van der Waals surface area contributed by atoms with Gasteiger partial charge in [-0.25, -0.2) is 0 Å². The summed E-state index contributed by atoms with van der Waals surface area (Å²) >= 11 is 0. The molecular formula is C17H29NO3. The van der Waals surface area contributed by atoms with E-state index in [-0.39, 0.29) is 6.04 Å². The first-order valence-electron chi connectivity index (χ1n) is 7.63. The summed E-state index contributed by atoms with van der Waals surface area (Å²) in [7, 11) is 1.67. The molecule has 0 aliphatic heterocycles. The lowest BCUT2D eigenvalue weighted by atomic mass is 10.0. The van der Waals surface area contributed by atoms with E-state index in [0.29, 0.717) is 33.0 Å². The van der Waals surface area contributed by atoms with E-state index in [1.807, 2.05) is 0 Å². The predicted octanol–water partition coefficient (Wildman–Crippen LogP) is 2.63. The molecule has 1 aromatic carbocycles. The molecule has 1 N–H and O–H groups in total. The van der Waals surface area contributed by atoms with Crippen LogP contribution in [-0.4, -0.2) is 46.7 Å². The number of hydrogen-bond acceptors (Lipinski definition) is 4. The molecule has 120 valence electrons. The van der Waals surface area contributed by atoms with Gasteiger partial charge in [-0.1, -0.05) is 36.2 Å². The molecule has 0 amide bonds. The SMILES string of the molecule is CCNC(COCCOCCOC)c1cc(C)cc(C)c1. The molecule has 0 saturated carbocycles. The van der Waals surface area contributed by atoms with Gasteiger partial charge in [0.2, 0.25) is 0 Å². The lowest BCUT2D eigenvalue weighted by molar-refractivity contribution is 0.0194. The zero-order chi connectivity index (χ0) is 15.5. The largest absolute Gasteiger partial charge is 0.382 e. The highest BCUT2D eigenvalue weighted by Gasteiger charge is 2.11. The van der Waals surface area contributed by atoms with Gasteiger partial charge in [0.1, 0.15) is 0 Å². The lowest BCUT2D eigenvalue weighted by Crippen LogP contribution is -2.26. The van der Waals surface area contributed by atoms with Gasteiger partial charge in [-0.05, 0) is 26.0 Å². The number of likely N-dealkylation sites (N-methyl/N-ethyl adjacent to an activating group) is 1. The topological polar surface area (TPSA) is 39.7 Å². The molecule has 0 heterocycles. The van der Waals surface area contributed by atoms with Gasteiger partial charge in [-0.2, -0.15) is 0 Å². The fourth-order valence-electron chi connectivity index (χ4n) is 2.29. The van der Waals surface area contributed by atoms with Crippen LogP contribution in [0.1, 0.15) is 29.7 Å². The Bertz CT molecular complexity index is 375. The van der Waals surface area contributed by atoms with Gasteiger partial charge >= 0.3 is 0 Å². The lowest BCUT2D eigenvalue weighted by Gasteiger charge is -2.19. The molecule has 1 unspecified atom stereocenters. The Morgan fingerprint density at radius 1 is 0.952 bits per heavy atom. The molecule has 4 nitrogen and oxygen atoms in total. The predicted molar refractivity (Wildman–Crippen MR) is 85.8 cm³/mol. The molecule has 0 radical (unpaired) electrons. The average Bonchev–Trinajstić information content (AvgIpc) is 2.44. The number of rotatable bonds is 11. The second kappa shape index (κ2) is 10.7. The molecule has 0 fully saturated rings. The van der Waals surface area contributed by atoms with Crippen LogP contribution < -0.4 is 5.32 Å². The van der Waals surface area contributed by atoms with Gasteiger partial charge < -0.3 is 19.5 Å². The Hall–Kier alpha value is -0.940. The molecule has 0 saturated heterocycles. The van der Waals surface area contributed by atoms with Crippen LogP contribution in [0.4, 0.5) is 0 Å². The summed E-state index contributed by atoms with van der Waals surface area (Å²) in [6.45, 7) is 10.4. The van der Waals surface area contributed by atoms with Crippen LogP contribution in [0, 0.1) is 13.8 Å². The van der Waals surface area contributed by atoms with Crippen LogP contribution in [0.5, 0.6) is 0 Å². The molecule has 1 rings (SSSR count). The molecule has 1 atom stereocenters. The van der Waals surface area contributed by atoms with E-state index in [1.54, 1.807) is 7.11 Å². The van der Waals surface area contributed by atoms with Crippen LogP contribution in [0.15, 0.2) is 18.2 Å². The van der Waals surface area contributed by atoms with E-state index in [2.05, 4.69) is 44.3 Å². The molecular weight excluding hydrogens is 266 g/mol. The fraction of sp³-hybridized carbons (Fsp3) is 0.647. The summed E-state index contributed by atoms with van der Waals surface area (Å²) in [6, 6.07) is 6.86. The first-order valence-corrected chi connectivity index (χ1v) is 7.63. The van der Waals surface area contributed by atoms with Gasteiger partial charge in [0.15, 0.2) is 0 Å². The van der Waals surface area contributed by atoms with Crippen LogP contribution in [0.25, 0.3) is 0 Å². The summed E-state index contributed by atoms with van der Waals surface area (Å²) in [4.78, 5) is 0. The Balaban J connectivity index is 2.39. The van der Waals surface area contributed by atoms with E-state index in [9.17, 15) is 0 Å². The van der Waals surface area contributed by atoms with Gasteiger partial charge in [0, 0.05) is 7.11 Å². The van der Waals surface area contributed by atoms with Crippen molar-refractivity contribution < 1.29 is 14.2 Å². The standard InChI is InChI=1S/C17H29NO3/c1-5-18-17(13-21-9-8-20-7-6-19-4)16-11-14(2)10-15(3)12-16/h10-12,17-18H,5-9,13H2,1-4H3. The van der Waals surface area contributed by atoms with Gasteiger partial charge in [-0.3, -0.25) is 0 Å². The van der Waals surface area contributed by atoms with Crippen molar-refractivity contribution in [1.29, 1.82) is 0 Å². The zero-order valence-corrected chi connectivity index (χ0v) is 13.8. The third kappa shape index (κ3) is 7.58. The third-order valence-electron chi connectivity index (χ3n) is 3.19. The second-order valence-electron chi connectivity index (χ2n) is 5.21. The monoisotopic (exact) mass is 295 g/mol. The van der Waals surface area contributed by atoms with Crippen molar-refractivity contribution in [2.45, 2.75) is 26.8 Å². The fourth-order valence-corrected chi connectivity index (χ4v) is 2.29.